The highest BCUT2D eigenvalue weighted by molar-refractivity contribution is 6.36. The molecule has 3 N–H and O–H groups in total. The minimum absolute atomic E-state index is 0.0701. The number of amides is 1. The number of halogens is 2. The first-order chi connectivity index (χ1) is 17.6. The van der Waals surface area contributed by atoms with Gasteiger partial charge >= 0.3 is 5.97 Å². The Morgan fingerprint density at radius 1 is 1.14 bits per heavy atom. The number of carboxylic acids is 1. The number of hydrogen-bond donors (Lipinski definition) is 3. The highest BCUT2D eigenvalue weighted by Gasteiger charge is 2.36. The van der Waals surface area contributed by atoms with E-state index in [1.54, 1.807) is 13.0 Å². The van der Waals surface area contributed by atoms with Gasteiger partial charge in [-0.1, -0.05) is 48.3 Å². The molecule has 3 aromatic rings. The number of carboxylic acid groups (broad SMARTS) is 1. The van der Waals surface area contributed by atoms with Crippen molar-refractivity contribution >= 4 is 46.5 Å². The van der Waals surface area contributed by atoms with E-state index in [0.29, 0.717) is 12.3 Å². The van der Waals surface area contributed by atoms with E-state index in [2.05, 4.69) is 10.2 Å². The first-order valence-electron chi connectivity index (χ1n) is 11.6. The summed E-state index contributed by atoms with van der Waals surface area (Å²) in [5, 5.41) is 22.9. The van der Waals surface area contributed by atoms with Crippen molar-refractivity contribution in [2.45, 2.75) is 25.0 Å². The van der Waals surface area contributed by atoms with Crippen LogP contribution < -0.4 is 19.7 Å². The smallest absolute Gasteiger partial charge is 0.340 e. The number of carbonyl (C=O) groups is 2. The summed E-state index contributed by atoms with van der Waals surface area (Å²) < 4.78 is 11.9. The molecule has 10 heteroatoms. The van der Waals surface area contributed by atoms with E-state index >= 15 is 0 Å². The third-order valence-electron chi connectivity index (χ3n) is 6.23. The lowest BCUT2D eigenvalue weighted by molar-refractivity contribution is -0.160. The Bertz CT molecular complexity index is 1330. The van der Waals surface area contributed by atoms with Crippen molar-refractivity contribution in [3.63, 3.8) is 0 Å². The Kier molecular flexibility index (Phi) is 7.82. The fraction of sp³-hybridized carbons (Fsp3) is 0.259. The Labute approximate surface area is 224 Å². The van der Waals surface area contributed by atoms with Gasteiger partial charge < -0.3 is 29.9 Å². The quantitative estimate of drug-likeness (QED) is 0.357. The number of ether oxygens (including phenoxy) is 2. The summed E-state index contributed by atoms with van der Waals surface area (Å²) in [6, 6.07) is 16.6. The van der Waals surface area contributed by atoms with Crippen molar-refractivity contribution in [3.8, 4) is 11.5 Å². The third kappa shape index (κ3) is 5.61. The molecule has 0 spiro atoms. The average Bonchev–Trinajstić information content (AvgIpc) is 2.88. The summed E-state index contributed by atoms with van der Waals surface area (Å²) in [5.41, 5.74) is -0.686. The van der Waals surface area contributed by atoms with Crippen molar-refractivity contribution in [1.82, 2.24) is 0 Å². The van der Waals surface area contributed by atoms with Crippen LogP contribution in [0.5, 0.6) is 11.5 Å². The molecule has 0 aliphatic carbocycles. The van der Waals surface area contributed by atoms with Crippen molar-refractivity contribution < 1.29 is 29.3 Å². The molecule has 0 saturated carbocycles. The lowest BCUT2D eigenvalue weighted by Crippen LogP contribution is -2.41. The Morgan fingerprint density at radius 2 is 1.89 bits per heavy atom. The number of carbonyl (C=O) groups excluding carboxylic acids is 1. The van der Waals surface area contributed by atoms with Gasteiger partial charge in [-0.25, -0.2) is 4.79 Å². The van der Waals surface area contributed by atoms with Crippen LogP contribution in [0.1, 0.15) is 29.3 Å². The lowest BCUT2D eigenvalue weighted by atomic mass is 9.91. The van der Waals surface area contributed by atoms with Crippen LogP contribution in [0.3, 0.4) is 0 Å². The van der Waals surface area contributed by atoms with Crippen LogP contribution in [0.4, 0.5) is 11.4 Å². The molecule has 194 valence electrons. The number of anilines is 2. The Hall–Kier alpha value is -3.46. The number of fused-ring (bicyclic) bond motifs is 1. The number of benzene rings is 3. The van der Waals surface area contributed by atoms with E-state index in [1.807, 2.05) is 31.3 Å². The van der Waals surface area contributed by atoms with Crippen LogP contribution in [0, 0.1) is 0 Å². The van der Waals surface area contributed by atoms with E-state index in [9.17, 15) is 19.8 Å². The predicted molar refractivity (Wildman–Crippen MR) is 142 cm³/mol. The molecule has 2 atom stereocenters. The summed E-state index contributed by atoms with van der Waals surface area (Å²) in [4.78, 5) is 26.6. The standard InChI is InChI=1S/C27H26Cl2N2O6/c1-3-27(35,26(33)34)16-8-11-20(28)22(12-16)30-25(32)19-10-9-17(13-21(19)29)36-15-18-14-31(2)23-6-4-5-7-24(23)37-18/h4-13,18,35H,3,14-15H2,1-2H3,(H,30,32)(H,33,34)/t18-,27?/m0/s1. The second-order valence-electron chi connectivity index (χ2n) is 8.71. The number of nitrogens with one attached hydrogen (secondary N) is 1. The zero-order valence-electron chi connectivity index (χ0n) is 20.2. The van der Waals surface area contributed by atoms with Gasteiger partial charge in [0.2, 0.25) is 0 Å². The molecule has 37 heavy (non-hydrogen) atoms. The number of hydrogen-bond acceptors (Lipinski definition) is 6. The van der Waals surface area contributed by atoms with E-state index in [0.717, 1.165) is 11.4 Å². The molecule has 1 aliphatic rings. The molecule has 0 aromatic heterocycles. The fourth-order valence-corrected chi connectivity index (χ4v) is 4.51. The zero-order chi connectivity index (χ0) is 26.7. The molecule has 3 aromatic carbocycles. The summed E-state index contributed by atoms with van der Waals surface area (Å²) in [6.07, 6.45) is -0.261. The van der Waals surface area contributed by atoms with Gasteiger partial charge in [0.15, 0.2) is 5.60 Å². The number of likely N-dealkylation sites (N-methyl/N-ethyl adjacent to an activating group) is 1. The van der Waals surface area contributed by atoms with Crippen molar-refractivity contribution in [2.75, 3.05) is 30.4 Å². The number of aliphatic carboxylic acids is 1. The maximum atomic E-state index is 12.9. The molecule has 0 radical (unpaired) electrons. The largest absolute Gasteiger partial charge is 0.490 e. The van der Waals surface area contributed by atoms with Gasteiger partial charge in [0, 0.05) is 7.05 Å². The first kappa shape index (κ1) is 26.6. The average molecular weight is 545 g/mol. The maximum Gasteiger partial charge on any atom is 0.340 e. The summed E-state index contributed by atoms with van der Waals surface area (Å²) >= 11 is 12.6. The van der Waals surface area contributed by atoms with Crippen molar-refractivity contribution in [2.24, 2.45) is 0 Å². The van der Waals surface area contributed by atoms with Crippen molar-refractivity contribution in [1.29, 1.82) is 0 Å². The molecular weight excluding hydrogens is 519 g/mol. The minimum Gasteiger partial charge on any atom is -0.490 e. The van der Waals surface area contributed by atoms with Crippen LogP contribution in [0.2, 0.25) is 10.0 Å². The first-order valence-corrected chi connectivity index (χ1v) is 12.3. The van der Waals surface area contributed by atoms with Gasteiger partial charge in [-0.3, -0.25) is 4.79 Å². The molecule has 1 amide bonds. The van der Waals surface area contributed by atoms with Gasteiger partial charge in [-0.05, 0) is 54.4 Å². The molecule has 0 bridgehead atoms. The molecule has 0 saturated heterocycles. The topological polar surface area (TPSA) is 108 Å². The second kappa shape index (κ2) is 10.9. The molecule has 8 nitrogen and oxygen atoms in total. The third-order valence-corrected chi connectivity index (χ3v) is 6.87. The highest BCUT2D eigenvalue weighted by atomic mass is 35.5. The van der Waals surface area contributed by atoms with E-state index in [-0.39, 0.29) is 46.0 Å². The summed E-state index contributed by atoms with van der Waals surface area (Å²) in [5.74, 6) is -0.693. The lowest BCUT2D eigenvalue weighted by Gasteiger charge is -2.33. The Morgan fingerprint density at radius 3 is 2.59 bits per heavy atom. The molecule has 0 fully saturated rings. The monoisotopic (exact) mass is 544 g/mol. The molecule has 1 heterocycles. The van der Waals surface area contributed by atoms with Gasteiger partial charge in [-0.15, -0.1) is 0 Å². The van der Waals surface area contributed by atoms with Crippen LogP contribution in [-0.2, 0) is 10.4 Å². The number of para-hydroxylation sites is 2. The summed E-state index contributed by atoms with van der Waals surface area (Å²) in [7, 11) is 1.99. The summed E-state index contributed by atoms with van der Waals surface area (Å²) in [6.45, 7) is 2.48. The van der Waals surface area contributed by atoms with E-state index in [1.165, 1.54) is 30.3 Å². The zero-order valence-corrected chi connectivity index (χ0v) is 21.7. The number of rotatable bonds is 8. The molecule has 4 rings (SSSR count). The highest BCUT2D eigenvalue weighted by Crippen LogP contribution is 2.34. The maximum absolute atomic E-state index is 12.9. The number of nitrogens with zero attached hydrogens (tertiary/aromatic N) is 1. The van der Waals surface area contributed by atoms with Crippen LogP contribution in [-0.4, -0.2) is 48.4 Å². The van der Waals surface area contributed by atoms with Crippen LogP contribution >= 0.6 is 23.2 Å². The molecular formula is C27H26Cl2N2O6. The van der Waals surface area contributed by atoms with Crippen LogP contribution in [0.25, 0.3) is 0 Å². The van der Waals surface area contributed by atoms with Gasteiger partial charge in [-0.2, -0.15) is 0 Å². The van der Waals surface area contributed by atoms with E-state index < -0.39 is 17.5 Å². The minimum atomic E-state index is -2.11. The van der Waals surface area contributed by atoms with E-state index in [4.69, 9.17) is 32.7 Å². The fourth-order valence-electron chi connectivity index (χ4n) is 4.09. The predicted octanol–water partition coefficient (Wildman–Crippen LogP) is 5.20. The Balaban J connectivity index is 1.43. The van der Waals surface area contributed by atoms with Crippen LogP contribution in [0.15, 0.2) is 60.7 Å². The normalized spacial score (nSPS) is 16.2. The van der Waals surface area contributed by atoms with Gasteiger partial charge in [0.25, 0.3) is 5.91 Å². The SMILES string of the molecule is CCC(O)(C(=O)O)c1ccc(Cl)c(NC(=O)c2ccc(OC[C@@H]3CN(C)c4ccccc4O3)cc2Cl)c1. The van der Waals surface area contributed by atoms with Crippen molar-refractivity contribution in [3.05, 3.63) is 81.8 Å². The van der Waals surface area contributed by atoms with Gasteiger partial charge in [0.1, 0.15) is 24.2 Å². The second-order valence-corrected chi connectivity index (χ2v) is 9.52. The molecule has 1 unspecified atom stereocenters. The number of aliphatic hydroxyl groups is 1. The molecule has 1 aliphatic heterocycles. The van der Waals surface area contributed by atoms with Gasteiger partial charge in [0.05, 0.1) is 33.5 Å².